The Morgan fingerprint density at radius 1 is 1.30 bits per heavy atom. The first-order chi connectivity index (χ1) is 11.1. The number of carbonyl (C=O) groups excluding carboxylic acids is 1. The van der Waals surface area contributed by atoms with Crippen molar-refractivity contribution in [1.82, 2.24) is 20.2 Å². The molecule has 2 N–H and O–H groups in total. The number of nitrogens with one attached hydrogen (secondary N) is 2. The second-order valence-electron chi connectivity index (χ2n) is 4.91. The SMILES string of the molecule is Cc1ncc(/C=C/C(=O)Nc2n[nH]c(-c3ccncc3)c2C)s1. The predicted octanol–water partition coefficient (Wildman–Crippen LogP) is 3.20. The molecule has 0 aliphatic rings. The summed E-state index contributed by atoms with van der Waals surface area (Å²) in [7, 11) is 0. The van der Waals surface area contributed by atoms with Crippen molar-refractivity contribution in [2.45, 2.75) is 13.8 Å². The minimum Gasteiger partial charge on any atom is -0.305 e. The second kappa shape index (κ2) is 6.53. The van der Waals surface area contributed by atoms with E-state index in [1.54, 1.807) is 24.7 Å². The van der Waals surface area contributed by atoms with Gasteiger partial charge in [0.2, 0.25) is 5.91 Å². The number of hydrogen-bond donors (Lipinski definition) is 2. The summed E-state index contributed by atoms with van der Waals surface area (Å²) in [4.78, 5) is 21.1. The van der Waals surface area contributed by atoms with E-state index < -0.39 is 0 Å². The van der Waals surface area contributed by atoms with Gasteiger partial charge in [-0.05, 0) is 32.1 Å². The fourth-order valence-corrected chi connectivity index (χ4v) is 2.78. The van der Waals surface area contributed by atoms with Crippen molar-refractivity contribution in [2.24, 2.45) is 0 Å². The van der Waals surface area contributed by atoms with E-state index in [1.165, 1.54) is 17.4 Å². The van der Waals surface area contributed by atoms with Crippen LogP contribution in [0.1, 0.15) is 15.4 Å². The summed E-state index contributed by atoms with van der Waals surface area (Å²) < 4.78 is 0. The number of carbonyl (C=O) groups is 1. The molecule has 0 fully saturated rings. The van der Waals surface area contributed by atoms with Crippen LogP contribution in [0.3, 0.4) is 0 Å². The molecule has 1 amide bonds. The zero-order chi connectivity index (χ0) is 16.2. The van der Waals surface area contributed by atoms with Gasteiger partial charge in [0, 0.05) is 40.7 Å². The van der Waals surface area contributed by atoms with E-state index in [1.807, 2.05) is 26.0 Å². The Morgan fingerprint density at radius 3 is 2.78 bits per heavy atom. The van der Waals surface area contributed by atoms with Crippen molar-refractivity contribution in [1.29, 1.82) is 0 Å². The molecule has 0 atom stereocenters. The minimum absolute atomic E-state index is 0.230. The van der Waals surface area contributed by atoms with E-state index in [0.29, 0.717) is 5.82 Å². The van der Waals surface area contributed by atoms with Gasteiger partial charge < -0.3 is 5.32 Å². The molecule has 0 saturated carbocycles. The molecule has 0 bridgehead atoms. The second-order valence-corrected chi connectivity index (χ2v) is 6.18. The van der Waals surface area contributed by atoms with Crippen molar-refractivity contribution < 1.29 is 4.79 Å². The maximum atomic E-state index is 12.0. The van der Waals surface area contributed by atoms with Gasteiger partial charge in [-0.2, -0.15) is 5.10 Å². The van der Waals surface area contributed by atoms with Crippen LogP contribution in [0.25, 0.3) is 17.3 Å². The fraction of sp³-hybridized carbons (Fsp3) is 0.125. The quantitative estimate of drug-likeness (QED) is 0.722. The van der Waals surface area contributed by atoms with Crippen molar-refractivity contribution >= 4 is 29.1 Å². The number of amides is 1. The molecular formula is C16H15N5OS. The highest BCUT2D eigenvalue weighted by Gasteiger charge is 2.12. The van der Waals surface area contributed by atoms with Crippen molar-refractivity contribution in [3.8, 4) is 11.3 Å². The van der Waals surface area contributed by atoms with Crippen LogP contribution in [0.2, 0.25) is 0 Å². The van der Waals surface area contributed by atoms with Crippen molar-refractivity contribution in [2.75, 3.05) is 5.32 Å². The Bertz CT molecular complexity index is 850. The van der Waals surface area contributed by atoms with E-state index in [0.717, 1.165) is 26.7 Å². The van der Waals surface area contributed by atoms with Gasteiger partial charge in [0.25, 0.3) is 0 Å². The summed E-state index contributed by atoms with van der Waals surface area (Å²) in [5.41, 5.74) is 2.72. The van der Waals surface area contributed by atoms with Gasteiger partial charge in [0.15, 0.2) is 5.82 Å². The zero-order valence-corrected chi connectivity index (χ0v) is 13.5. The molecule has 7 heteroatoms. The monoisotopic (exact) mass is 325 g/mol. The van der Waals surface area contributed by atoms with E-state index in [9.17, 15) is 4.79 Å². The first-order valence-electron chi connectivity index (χ1n) is 7.00. The first-order valence-corrected chi connectivity index (χ1v) is 7.82. The standard InChI is InChI=1S/C16H15N5OS/c1-10-15(12-5-7-17-8-6-12)20-21-16(10)19-14(22)4-3-13-9-18-11(2)23-13/h3-9H,1-2H3,(H2,19,20,21,22)/b4-3+. The largest absolute Gasteiger partial charge is 0.305 e. The molecule has 3 aromatic heterocycles. The molecule has 3 heterocycles. The first kappa shape index (κ1) is 15.1. The van der Waals surface area contributed by atoms with Gasteiger partial charge in [-0.25, -0.2) is 4.98 Å². The number of aromatic amines is 1. The fourth-order valence-electron chi connectivity index (χ4n) is 2.09. The minimum atomic E-state index is -0.230. The van der Waals surface area contributed by atoms with Gasteiger partial charge in [0.1, 0.15) is 0 Å². The Labute approximate surface area is 137 Å². The summed E-state index contributed by atoms with van der Waals surface area (Å²) >= 11 is 1.53. The third kappa shape index (κ3) is 3.51. The lowest BCUT2D eigenvalue weighted by atomic mass is 10.1. The highest BCUT2D eigenvalue weighted by molar-refractivity contribution is 7.12. The Morgan fingerprint density at radius 2 is 2.09 bits per heavy atom. The lowest BCUT2D eigenvalue weighted by Crippen LogP contribution is -2.08. The molecule has 0 aromatic carbocycles. The highest BCUT2D eigenvalue weighted by Crippen LogP contribution is 2.25. The summed E-state index contributed by atoms with van der Waals surface area (Å²) in [5.74, 6) is 0.291. The van der Waals surface area contributed by atoms with Crippen LogP contribution in [-0.4, -0.2) is 26.1 Å². The normalized spacial score (nSPS) is 11.0. The molecule has 3 aromatic rings. The number of aryl methyl sites for hydroxylation is 1. The van der Waals surface area contributed by atoms with Crippen molar-refractivity contribution in [3.63, 3.8) is 0 Å². The van der Waals surface area contributed by atoms with Crippen LogP contribution in [-0.2, 0) is 4.79 Å². The average molecular weight is 325 g/mol. The maximum absolute atomic E-state index is 12.0. The van der Waals surface area contributed by atoms with Gasteiger partial charge in [-0.15, -0.1) is 11.3 Å². The molecule has 6 nitrogen and oxygen atoms in total. The topological polar surface area (TPSA) is 83.6 Å². The molecule has 0 saturated heterocycles. The van der Waals surface area contributed by atoms with Gasteiger partial charge in [-0.1, -0.05) is 0 Å². The summed E-state index contributed by atoms with van der Waals surface area (Å²) in [6.07, 6.45) is 8.39. The molecule has 0 aliphatic carbocycles. The van der Waals surface area contributed by atoms with Crippen LogP contribution < -0.4 is 5.32 Å². The average Bonchev–Trinajstić information content (AvgIpc) is 3.13. The lowest BCUT2D eigenvalue weighted by Gasteiger charge is -2.00. The van der Waals surface area contributed by atoms with E-state index in [4.69, 9.17) is 0 Å². The highest BCUT2D eigenvalue weighted by atomic mass is 32.1. The summed E-state index contributed by atoms with van der Waals surface area (Å²) in [6, 6.07) is 3.77. The summed E-state index contributed by atoms with van der Waals surface area (Å²) in [5, 5.41) is 10.9. The number of pyridine rings is 1. The maximum Gasteiger partial charge on any atom is 0.249 e. The van der Waals surface area contributed by atoms with Crippen molar-refractivity contribution in [3.05, 3.63) is 52.2 Å². The zero-order valence-electron chi connectivity index (χ0n) is 12.7. The smallest absolute Gasteiger partial charge is 0.249 e. The van der Waals surface area contributed by atoms with Crippen LogP contribution in [0.5, 0.6) is 0 Å². The predicted molar refractivity (Wildman–Crippen MR) is 91.1 cm³/mol. The van der Waals surface area contributed by atoms with Gasteiger partial charge >= 0.3 is 0 Å². The number of nitrogens with zero attached hydrogens (tertiary/aromatic N) is 3. The van der Waals surface area contributed by atoms with E-state index >= 15 is 0 Å². The van der Waals surface area contributed by atoms with E-state index in [-0.39, 0.29) is 5.91 Å². The van der Waals surface area contributed by atoms with Gasteiger partial charge in [-0.3, -0.25) is 14.9 Å². The molecule has 23 heavy (non-hydrogen) atoms. The number of anilines is 1. The molecule has 0 spiro atoms. The summed E-state index contributed by atoms with van der Waals surface area (Å²) in [6.45, 7) is 3.83. The molecule has 0 unspecified atom stereocenters. The Hall–Kier alpha value is -2.80. The molecular weight excluding hydrogens is 310 g/mol. The Kier molecular flexibility index (Phi) is 4.29. The lowest BCUT2D eigenvalue weighted by molar-refractivity contribution is -0.111. The number of aromatic nitrogens is 4. The van der Waals surface area contributed by atoms with Crippen LogP contribution in [0.15, 0.2) is 36.8 Å². The Balaban J connectivity index is 1.72. The van der Waals surface area contributed by atoms with Crippen LogP contribution in [0.4, 0.5) is 5.82 Å². The number of thiazole rings is 1. The third-order valence-corrected chi connectivity index (χ3v) is 4.14. The van der Waals surface area contributed by atoms with Crippen LogP contribution in [0, 0.1) is 13.8 Å². The van der Waals surface area contributed by atoms with Crippen LogP contribution >= 0.6 is 11.3 Å². The number of H-pyrrole nitrogens is 1. The molecule has 3 rings (SSSR count). The number of rotatable bonds is 4. The third-order valence-electron chi connectivity index (χ3n) is 3.26. The number of hydrogen-bond acceptors (Lipinski definition) is 5. The molecule has 0 aliphatic heterocycles. The van der Waals surface area contributed by atoms with E-state index in [2.05, 4.69) is 25.5 Å². The van der Waals surface area contributed by atoms with Gasteiger partial charge in [0.05, 0.1) is 10.7 Å². The molecule has 116 valence electrons. The molecule has 0 radical (unpaired) electrons.